The van der Waals surface area contributed by atoms with Crippen molar-refractivity contribution in [3.63, 3.8) is 0 Å². The number of nitrogens with two attached hydrogens (primary N) is 3. The summed E-state index contributed by atoms with van der Waals surface area (Å²) in [6.07, 6.45) is -3.27. The number of nitrogens with zero attached hydrogens (tertiary/aromatic N) is 1. The lowest BCUT2D eigenvalue weighted by molar-refractivity contribution is -0.137. The largest absolute Gasteiger partial charge is 0.508 e. The number of guanidine groups is 1. The Morgan fingerprint density at radius 3 is 2.34 bits per heavy atom. The number of phenols is 1. The van der Waals surface area contributed by atoms with Gasteiger partial charge >= 0.3 is 6.18 Å². The molecule has 8 nitrogen and oxygen atoms in total. The number of anilines is 2. The van der Waals surface area contributed by atoms with E-state index in [1.54, 1.807) is 12.1 Å². The molecule has 0 radical (unpaired) electrons. The summed E-state index contributed by atoms with van der Waals surface area (Å²) in [7, 11) is 0. The second-order valence-corrected chi connectivity index (χ2v) is 7.15. The Balaban J connectivity index is 2.15. The first kappa shape index (κ1) is 24.6. The van der Waals surface area contributed by atoms with Crippen molar-refractivity contribution < 1.29 is 23.1 Å². The Morgan fingerprint density at radius 2 is 1.75 bits per heavy atom. The molecule has 9 N–H and O–H groups in total. The second kappa shape index (κ2) is 11.1. The number of amides is 1. The van der Waals surface area contributed by atoms with Crippen molar-refractivity contribution in [2.45, 2.75) is 31.5 Å². The number of carbonyl (C=O) groups excluding carboxylic acids is 1. The fraction of sp³-hybridized carbons (Fsp3) is 0.333. The Bertz CT molecular complexity index is 928. The molecule has 0 aliphatic carbocycles. The molecule has 0 aliphatic heterocycles. The summed E-state index contributed by atoms with van der Waals surface area (Å²) < 4.78 is 39.6. The van der Waals surface area contributed by atoms with E-state index in [-0.39, 0.29) is 17.4 Å². The maximum atomic E-state index is 13.2. The molecule has 0 fully saturated rings. The van der Waals surface area contributed by atoms with Gasteiger partial charge in [-0.2, -0.15) is 13.2 Å². The molecule has 0 saturated heterocycles. The average Bonchev–Trinajstić information content (AvgIpc) is 2.71. The van der Waals surface area contributed by atoms with Crippen molar-refractivity contribution in [3.8, 4) is 5.75 Å². The van der Waals surface area contributed by atoms with Crippen LogP contribution in [0.1, 0.15) is 24.0 Å². The van der Waals surface area contributed by atoms with E-state index < -0.39 is 23.7 Å². The van der Waals surface area contributed by atoms with E-state index >= 15 is 0 Å². The molecule has 0 saturated carbocycles. The summed E-state index contributed by atoms with van der Waals surface area (Å²) in [5.41, 5.74) is 16.6. The highest BCUT2D eigenvalue weighted by Gasteiger charge is 2.31. The van der Waals surface area contributed by atoms with E-state index in [9.17, 15) is 23.1 Å². The van der Waals surface area contributed by atoms with E-state index in [1.807, 2.05) is 0 Å². The summed E-state index contributed by atoms with van der Waals surface area (Å²) in [6.45, 7) is 0.616. The molecule has 174 valence electrons. The zero-order valence-corrected chi connectivity index (χ0v) is 17.3. The van der Waals surface area contributed by atoms with Gasteiger partial charge in [0.15, 0.2) is 5.96 Å². The van der Waals surface area contributed by atoms with Gasteiger partial charge in [0.05, 0.1) is 16.9 Å². The van der Waals surface area contributed by atoms with Crippen LogP contribution >= 0.6 is 0 Å². The molecule has 2 aromatic carbocycles. The highest BCUT2D eigenvalue weighted by atomic mass is 19.4. The van der Waals surface area contributed by atoms with Gasteiger partial charge in [-0.1, -0.05) is 12.1 Å². The van der Waals surface area contributed by atoms with Crippen molar-refractivity contribution in [3.05, 3.63) is 53.6 Å². The third kappa shape index (κ3) is 7.89. The Labute approximate surface area is 183 Å². The number of nitrogens with one attached hydrogen (secondary N) is 2. The van der Waals surface area contributed by atoms with E-state index in [2.05, 4.69) is 15.6 Å². The van der Waals surface area contributed by atoms with Crippen LogP contribution in [-0.4, -0.2) is 36.1 Å². The summed E-state index contributed by atoms with van der Waals surface area (Å²) in [4.78, 5) is 15.7. The van der Waals surface area contributed by atoms with Crippen LogP contribution < -0.4 is 27.8 Å². The number of halogens is 3. The van der Waals surface area contributed by atoms with Crippen LogP contribution in [0.25, 0.3) is 0 Å². The number of hydrogen-bond donors (Lipinski definition) is 6. The molecular formula is C21H27F3N6O2. The molecule has 1 unspecified atom stereocenters. The van der Waals surface area contributed by atoms with Gasteiger partial charge in [0.2, 0.25) is 5.91 Å². The van der Waals surface area contributed by atoms with Gasteiger partial charge in [0.25, 0.3) is 0 Å². The number of primary amides is 1. The van der Waals surface area contributed by atoms with Gasteiger partial charge < -0.3 is 32.9 Å². The molecule has 1 amide bonds. The Morgan fingerprint density at radius 1 is 1.06 bits per heavy atom. The lowest BCUT2D eigenvalue weighted by Crippen LogP contribution is -2.36. The summed E-state index contributed by atoms with van der Waals surface area (Å²) in [5, 5.41) is 15.3. The number of aromatic hydroxyl groups is 1. The molecule has 0 aliphatic rings. The highest BCUT2D eigenvalue weighted by Crippen LogP contribution is 2.34. The zero-order valence-electron chi connectivity index (χ0n) is 17.3. The predicted octanol–water partition coefficient (Wildman–Crippen LogP) is 2.39. The van der Waals surface area contributed by atoms with Crippen LogP contribution in [0.2, 0.25) is 0 Å². The zero-order chi connectivity index (χ0) is 23.7. The highest BCUT2D eigenvalue weighted by molar-refractivity contribution is 5.85. The molecule has 0 heterocycles. The van der Waals surface area contributed by atoms with E-state index in [1.165, 1.54) is 18.2 Å². The number of benzene rings is 2. The average molecular weight is 452 g/mol. The molecule has 32 heavy (non-hydrogen) atoms. The number of carbonyl (C=O) groups is 1. The van der Waals surface area contributed by atoms with Crippen LogP contribution in [0.15, 0.2) is 47.5 Å². The van der Waals surface area contributed by atoms with Crippen molar-refractivity contribution in [1.82, 2.24) is 0 Å². The van der Waals surface area contributed by atoms with Gasteiger partial charge in [0, 0.05) is 13.1 Å². The topological polar surface area (TPSA) is 152 Å². The first-order chi connectivity index (χ1) is 15.1. The van der Waals surface area contributed by atoms with Crippen molar-refractivity contribution in [1.29, 1.82) is 0 Å². The summed E-state index contributed by atoms with van der Waals surface area (Å²) in [5.74, 6) is -0.593. The summed E-state index contributed by atoms with van der Waals surface area (Å²) >= 11 is 0. The summed E-state index contributed by atoms with van der Waals surface area (Å²) in [6, 6.07) is 8.88. The molecule has 0 aromatic heterocycles. The normalized spacial score (nSPS) is 12.1. The molecular weight excluding hydrogens is 425 g/mol. The smallest absolute Gasteiger partial charge is 0.416 e. The third-order valence-electron chi connectivity index (χ3n) is 4.63. The minimum atomic E-state index is -4.52. The van der Waals surface area contributed by atoms with Crippen LogP contribution in [0.5, 0.6) is 5.75 Å². The lowest BCUT2D eigenvalue weighted by Gasteiger charge is -2.21. The van der Waals surface area contributed by atoms with Crippen LogP contribution in [0.3, 0.4) is 0 Å². The molecule has 0 bridgehead atoms. The van der Waals surface area contributed by atoms with Crippen LogP contribution in [0, 0.1) is 0 Å². The first-order valence-corrected chi connectivity index (χ1v) is 9.90. The van der Waals surface area contributed by atoms with Crippen LogP contribution in [-0.2, 0) is 17.4 Å². The van der Waals surface area contributed by atoms with E-state index in [0.29, 0.717) is 38.0 Å². The molecule has 2 aromatic rings. The number of phenolic OH excluding ortho intramolecular Hbond substituents is 1. The fourth-order valence-electron chi connectivity index (χ4n) is 2.97. The lowest BCUT2D eigenvalue weighted by atomic mass is 10.1. The maximum Gasteiger partial charge on any atom is 0.416 e. The molecule has 11 heteroatoms. The predicted molar refractivity (Wildman–Crippen MR) is 118 cm³/mol. The van der Waals surface area contributed by atoms with Gasteiger partial charge in [-0.25, -0.2) is 0 Å². The Hall–Kier alpha value is -3.63. The van der Waals surface area contributed by atoms with Crippen LogP contribution in [0.4, 0.5) is 24.5 Å². The van der Waals surface area contributed by atoms with Crippen molar-refractivity contribution in [2.75, 3.05) is 23.7 Å². The molecule has 0 spiro atoms. The third-order valence-corrected chi connectivity index (χ3v) is 4.63. The van der Waals surface area contributed by atoms with Gasteiger partial charge in [-0.05, 0) is 55.2 Å². The minimum Gasteiger partial charge on any atom is -0.508 e. The minimum absolute atomic E-state index is 0.0727. The van der Waals surface area contributed by atoms with Gasteiger partial charge in [-0.15, -0.1) is 0 Å². The van der Waals surface area contributed by atoms with E-state index in [0.717, 1.165) is 17.7 Å². The van der Waals surface area contributed by atoms with E-state index in [4.69, 9.17) is 17.2 Å². The number of rotatable bonds is 11. The first-order valence-electron chi connectivity index (χ1n) is 9.90. The number of aliphatic imine (C=N–C) groups is 1. The standard InChI is InChI=1S/C21H27F3N6O2/c22-21(23,24)14-5-8-16(30-17(19(25)32)2-1-10-29-20(26)27)18(12-14)28-11-9-13-3-6-15(31)7-4-13/h3-8,12,17,28,30-31H,1-2,9-11H2,(H2,25,32)(H4,26,27,29). The Kier molecular flexibility index (Phi) is 8.56. The van der Waals surface area contributed by atoms with Crippen molar-refractivity contribution >= 4 is 23.2 Å². The molecule has 1 atom stereocenters. The quantitative estimate of drug-likeness (QED) is 0.175. The monoisotopic (exact) mass is 452 g/mol. The fourth-order valence-corrected chi connectivity index (χ4v) is 2.97. The molecule has 2 rings (SSSR count). The number of alkyl halides is 3. The maximum absolute atomic E-state index is 13.2. The van der Waals surface area contributed by atoms with Gasteiger partial charge in [0.1, 0.15) is 11.8 Å². The van der Waals surface area contributed by atoms with Crippen molar-refractivity contribution in [2.24, 2.45) is 22.2 Å². The van der Waals surface area contributed by atoms with Gasteiger partial charge in [-0.3, -0.25) is 9.79 Å². The number of hydrogen-bond acceptors (Lipinski definition) is 5. The second-order valence-electron chi connectivity index (χ2n) is 7.15. The SMILES string of the molecule is NC(=O)C(CCCN=C(N)N)Nc1ccc(C(F)(F)F)cc1NCCc1ccc(O)cc1.